The zero-order chi connectivity index (χ0) is 23.2. The number of rotatable bonds is 5. The number of nitrogens with one attached hydrogen (secondary N) is 1. The van der Waals surface area contributed by atoms with Gasteiger partial charge in [0, 0.05) is 23.1 Å². The van der Waals surface area contributed by atoms with E-state index in [0.29, 0.717) is 35.6 Å². The highest BCUT2D eigenvalue weighted by atomic mass is 16.6. The number of fused-ring (bicyclic) bond motifs is 5. The van der Waals surface area contributed by atoms with E-state index in [4.69, 9.17) is 14.5 Å². The Morgan fingerprint density at radius 3 is 2.85 bits per heavy atom. The predicted molar refractivity (Wildman–Crippen MR) is 122 cm³/mol. The molecule has 3 aromatic rings. The molecule has 1 N–H and O–H groups in total. The first kappa shape index (κ1) is 21.2. The molecule has 170 valence electrons. The number of cyclic esters (lactones) is 1. The van der Waals surface area contributed by atoms with Crippen molar-refractivity contribution in [3.05, 3.63) is 63.4 Å². The number of para-hydroxylation sites is 1. The molecule has 0 radical (unpaired) electrons. The molecule has 0 saturated carbocycles. The number of aromatic nitrogens is 2. The molecule has 0 unspecified atom stereocenters. The molecule has 1 amide bonds. The summed E-state index contributed by atoms with van der Waals surface area (Å²) in [6.45, 7) is 4.43. The van der Waals surface area contributed by atoms with Crippen molar-refractivity contribution in [2.24, 2.45) is 0 Å². The lowest BCUT2D eigenvalue weighted by Gasteiger charge is -2.35. The van der Waals surface area contributed by atoms with Crippen molar-refractivity contribution in [3.8, 4) is 11.4 Å². The Morgan fingerprint density at radius 2 is 2.06 bits per heavy atom. The third kappa shape index (κ3) is 3.28. The van der Waals surface area contributed by atoms with Crippen molar-refractivity contribution in [1.82, 2.24) is 14.9 Å². The van der Waals surface area contributed by atoms with Crippen LogP contribution in [0.5, 0.6) is 0 Å². The number of carbonyl (C=O) groups excluding carboxylic acids is 2. The second-order valence-corrected chi connectivity index (χ2v) is 8.43. The van der Waals surface area contributed by atoms with Gasteiger partial charge in [-0.3, -0.25) is 4.79 Å². The summed E-state index contributed by atoms with van der Waals surface area (Å²) in [5.41, 5.74) is 1.84. The molecular formula is C25H25N3O5. The number of hydrogen-bond donors (Lipinski definition) is 1. The van der Waals surface area contributed by atoms with Crippen molar-refractivity contribution in [2.45, 2.75) is 51.9 Å². The third-order valence-corrected chi connectivity index (χ3v) is 6.45. The van der Waals surface area contributed by atoms with E-state index in [1.54, 1.807) is 17.6 Å². The van der Waals surface area contributed by atoms with Gasteiger partial charge < -0.3 is 19.4 Å². The summed E-state index contributed by atoms with van der Waals surface area (Å²) in [5.74, 6) is -0.669. The molecule has 0 aliphatic carbocycles. The van der Waals surface area contributed by atoms with Crippen LogP contribution in [0, 0.1) is 0 Å². The molecule has 1 aromatic carbocycles. The van der Waals surface area contributed by atoms with E-state index >= 15 is 0 Å². The fourth-order valence-electron chi connectivity index (χ4n) is 4.64. The van der Waals surface area contributed by atoms with Gasteiger partial charge in [0.2, 0.25) is 5.60 Å². The molecule has 4 heterocycles. The number of hydrogen-bond acceptors (Lipinski definition) is 6. The normalized spacial score (nSPS) is 18.3. The van der Waals surface area contributed by atoms with Crippen LogP contribution in [-0.4, -0.2) is 28.2 Å². The lowest BCUT2D eigenvalue weighted by Crippen LogP contribution is -2.49. The maximum atomic E-state index is 13.5. The van der Waals surface area contributed by atoms with Gasteiger partial charge in [0.05, 0.1) is 29.0 Å². The predicted octanol–water partition coefficient (Wildman–Crippen LogP) is 3.61. The largest absolute Gasteiger partial charge is 0.457 e. The van der Waals surface area contributed by atoms with Crippen LogP contribution in [0.2, 0.25) is 0 Å². The number of amides is 1. The zero-order valence-electron chi connectivity index (χ0n) is 18.6. The lowest BCUT2D eigenvalue weighted by atomic mass is 9.85. The van der Waals surface area contributed by atoms with Gasteiger partial charge in [0.25, 0.3) is 5.56 Å². The second-order valence-electron chi connectivity index (χ2n) is 8.43. The summed E-state index contributed by atoms with van der Waals surface area (Å²) in [6.07, 6.45) is 1.13. The molecule has 0 saturated heterocycles. The Bertz CT molecular complexity index is 1350. The molecule has 2 aliphatic heterocycles. The standard InChI is InChI=1S/C25H25N3O5/c1-3-5-10-26-24(31)33-25(4-2)18-12-20-21-16(11-15-8-6-7-9-19(15)27-21)13-28(20)22(29)17(18)14-32-23(25)30/h6-9,11-12H,3-5,10,13-14H2,1-2H3,(H,26,31)/t25-/m0/s1. The highest BCUT2D eigenvalue weighted by Gasteiger charge is 2.50. The van der Waals surface area contributed by atoms with Crippen LogP contribution in [0.4, 0.5) is 4.79 Å². The Hall–Kier alpha value is -3.68. The van der Waals surface area contributed by atoms with Gasteiger partial charge in [0.15, 0.2) is 0 Å². The van der Waals surface area contributed by atoms with Crippen molar-refractivity contribution in [2.75, 3.05) is 6.54 Å². The molecule has 1 atom stereocenters. The Labute approximate surface area is 190 Å². The van der Waals surface area contributed by atoms with Gasteiger partial charge in [-0.15, -0.1) is 0 Å². The summed E-state index contributed by atoms with van der Waals surface area (Å²) in [4.78, 5) is 43.7. The highest BCUT2D eigenvalue weighted by molar-refractivity contribution is 5.88. The molecule has 2 aromatic heterocycles. The minimum atomic E-state index is -1.68. The van der Waals surface area contributed by atoms with E-state index < -0.39 is 17.7 Å². The van der Waals surface area contributed by atoms with E-state index in [-0.39, 0.29) is 18.6 Å². The van der Waals surface area contributed by atoms with Crippen molar-refractivity contribution >= 4 is 23.0 Å². The number of unbranched alkanes of at least 4 members (excludes halogenated alkanes) is 1. The molecule has 8 nitrogen and oxygen atoms in total. The summed E-state index contributed by atoms with van der Waals surface area (Å²) in [7, 11) is 0. The maximum absolute atomic E-state index is 13.5. The van der Waals surface area contributed by atoms with Gasteiger partial charge in [-0.2, -0.15) is 0 Å². The molecule has 0 bridgehead atoms. The van der Waals surface area contributed by atoms with Gasteiger partial charge in [-0.25, -0.2) is 14.6 Å². The first-order valence-electron chi connectivity index (χ1n) is 11.3. The average molecular weight is 447 g/mol. The molecular weight excluding hydrogens is 422 g/mol. The first-order valence-corrected chi connectivity index (χ1v) is 11.3. The van der Waals surface area contributed by atoms with Crippen LogP contribution in [0.3, 0.4) is 0 Å². The number of pyridine rings is 2. The van der Waals surface area contributed by atoms with E-state index in [9.17, 15) is 14.4 Å². The number of ether oxygens (including phenoxy) is 2. The number of carbonyl (C=O) groups is 2. The van der Waals surface area contributed by atoms with Crippen molar-refractivity contribution < 1.29 is 19.1 Å². The molecule has 33 heavy (non-hydrogen) atoms. The fourth-order valence-corrected chi connectivity index (χ4v) is 4.64. The quantitative estimate of drug-likeness (QED) is 0.371. The van der Waals surface area contributed by atoms with Crippen LogP contribution >= 0.6 is 0 Å². The Kier molecular flexibility index (Phi) is 5.15. The topological polar surface area (TPSA) is 99.5 Å². The molecule has 5 rings (SSSR count). The Balaban J connectivity index is 1.64. The van der Waals surface area contributed by atoms with Gasteiger partial charge in [-0.05, 0) is 31.0 Å². The first-order chi connectivity index (χ1) is 16.0. The molecule has 0 spiro atoms. The maximum Gasteiger partial charge on any atom is 0.408 e. The van der Waals surface area contributed by atoms with Crippen molar-refractivity contribution in [3.63, 3.8) is 0 Å². The summed E-state index contributed by atoms with van der Waals surface area (Å²) in [5, 5.41) is 3.68. The highest BCUT2D eigenvalue weighted by Crippen LogP contribution is 2.40. The van der Waals surface area contributed by atoms with Crippen LogP contribution < -0.4 is 10.9 Å². The summed E-state index contributed by atoms with van der Waals surface area (Å²) >= 11 is 0. The average Bonchev–Trinajstić information content (AvgIpc) is 3.17. The summed E-state index contributed by atoms with van der Waals surface area (Å²) < 4.78 is 12.7. The molecule has 8 heteroatoms. The van der Waals surface area contributed by atoms with E-state index in [1.807, 2.05) is 37.3 Å². The van der Waals surface area contributed by atoms with Crippen LogP contribution in [0.15, 0.2) is 41.2 Å². The Morgan fingerprint density at radius 1 is 1.24 bits per heavy atom. The minimum absolute atomic E-state index is 0.140. The SMILES string of the molecule is CCCCNC(=O)O[C@]1(CC)C(=O)OCc2c1cc1n(c2=O)Cc2cc3ccccc3nc2-1. The van der Waals surface area contributed by atoms with E-state index in [1.165, 1.54) is 0 Å². The fraction of sp³-hybridized carbons (Fsp3) is 0.360. The smallest absolute Gasteiger partial charge is 0.408 e. The van der Waals surface area contributed by atoms with Crippen molar-refractivity contribution in [1.29, 1.82) is 0 Å². The number of esters is 1. The monoisotopic (exact) mass is 447 g/mol. The zero-order valence-corrected chi connectivity index (χ0v) is 18.6. The molecule has 2 aliphatic rings. The van der Waals surface area contributed by atoms with Crippen LogP contribution in [0.25, 0.3) is 22.3 Å². The molecule has 0 fully saturated rings. The summed E-state index contributed by atoms with van der Waals surface area (Å²) in [6, 6.07) is 11.6. The van der Waals surface area contributed by atoms with Gasteiger partial charge in [0.1, 0.15) is 6.61 Å². The van der Waals surface area contributed by atoms with Gasteiger partial charge in [-0.1, -0.05) is 38.5 Å². The minimum Gasteiger partial charge on any atom is -0.457 e. The third-order valence-electron chi connectivity index (χ3n) is 6.45. The van der Waals surface area contributed by atoms with Crippen LogP contribution in [-0.2, 0) is 33.0 Å². The van der Waals surface area contributed by atoms with Crippen LogP contribution in [0.1, 0.15) is 49.8 Å². The number of benzene rings is 1. The van der Waals surface area contributed by atoms with Gasteiger partial charge >= 0.3 is 12.1 Å². The lowest BCUT2D eigenvalue weighted by molar-refractivity contribution is -0.172. The van der Waals surface area contributed by atoms with E-state index in [2.05, 4.69) is 5.32 Å². The van der Waals surface area contributed by atoms with E-state index in [0.717, 1.165) is 29.3 Å². The second kappa shape index (κ2) is 8.03. The number of alkyl carbamates (subject to hydrolysis) is 1. The number of nitrogens with zero attached hydrogens (tertiary/aromatic N) is 2.